The Labute approximate surface area is 124 Å². The molecular weight excluding hydrogens is 276 g/mol. The number of ether oxygens (including phenoxy) is 2. The maximum Gasteiger partial charge on any atom is 0.179 e. The van der Waals surface area contributed by atoms with Crippen LogP contribution >= 0.6 is 11.6 Å². The van der Waals surface area contributed by atoms with Crippen LogP contribution in [-0.2, 0) is 0 Å². The molecule has 0 heterocycles. The zero-order valence-corrected chi connectivity index (χ0v) is 12.4. The third-order valence-electron chi connectivity index (χ3n) is 3.98. The number of halogens is 1. The van der Waals surface area contributed by atoms with Crippen molar-refractivity contribution in [2.45, 2.75) is 25.7 Å². The summed E-state index contributed by atoms with van der Waals surface area (Å²) in [6.45, 7) is 1.15. The number of hydrogen-bond acceptors (Lipinski definition) is 4. The smallest absolute Gasteiger partial charge is 0.179 e. The Kier molecular flexibility index (Phi) is 4.74. The third kappa shape index (κ3) is 3.00. The fourth-order valence-corrected chi connectivity index (χ4v) is 2.95. The van der Waals surface area contributed by atoms with Crippen LogP contribution in [0.2, 0.25) is 5.02 Å². The van der Waals surface area contributed by atoms with Gasteiger partial charge in [-0.25, -0.2) is 0 Å². The fourth-order valence-electron chi connectivity index (χ4n) is 2.68. The van der Waals surface area contributed by atoms with Crippen molar-refractivity contribution in [3.8, 4) is 17.6 Å². The summed E-state index contributed by atoms with van der Waals surface area (Å²) in [6.07, 6.45) is 4.55. The minimum absolute atomic E-state index is 0.0439. The lowest BCUT2D eigenvalue weighted by molar-refractivity contribution is 0.153. The van der Waals surface area contributed by atoms with Crippen molar-refractivity contribution in [1.82, 2.24) is 0 Å². The molecule has 1 saturated carbocycles. The summed E-state index contributed by atoms with van der Waals surface area (Å²) >= 11 is 6.18. The number of benzene rings is 1. The van der Waals surface area contributed by atoms with Gasteiger partial charge in [0.05, 0.1) is 30.4 Å². The molecule has 0 aromatic heterocycles. The largest absolute Gasteiger partial charge is 0.493 e. The van der Waals surface area contributed by atoms with Crippen LogP contribution in [-0.4, -0.2) is 20.3 Å². The van der Waals surface area contributed by atoms with Gasteiger partial charge in [0, 0.05) is 18.0 Å². The zero-order valence-electron chi connectivity index (χ0n) is 11.6. The molecule has 108 valence electrons. The molecule has 0 bridgehead atoms. The van der Waals surface area contributed by atoms with E-state index in [1.807, 2.05) is 6.07 Å². The second-order valence-corrected chi connectivity index (χ2v) is 5.71. The van der Waals surface area contributed by atoms with Gasteiger partial charge in [-0.2, -0.15) is 5.26 Å². The van der Waals surface area contributed by atoms with Crippen LogP contribution in [0.15, 0.2) is 12.1 Å². The highest BCUT2D eigenvalue weighted by Gasteiger charge is 2.33. The van der Waals surface area contributed by atoms with Gasteiger partial charge in [-0.05, 0) is 18.9 Å². The molecule has 0 unspecified atom stereocenters. The van der Waals surface area contributed by atoms with Crippen LogP contribution in [0.1, 0.15) is 31.2 Å². The molecule has 1 aliphatic carbocycles. The van der Waals surface area contributed by atoms with Gasteiger partial charge >= 0.3 is 0 Å². The Morgan fingerprint density at radius 2 is 2.10 bits per heavy atom. The minimum Gasteiger partial charge on any atom is -0.493 e. The molecule has 0 aliphatic heterocycles. The van der Waals surface area contributed by atoms with E-state index in [4.69, 9.17) is 32.1 Å². The predicted molar refractivity (Wildman–Crippen MR) is 78.2 cm³/mol. The first-order chi connectivity index (χ1) is 9.64. The van der Waals surface area contributed by atoms with Crippen molar-refractivity contribution in [1.29, 1.82) is 5.26 Å². The molecule has 1 fully saturated rings. The lowest BCUT2D eigenvalue weighted by Crippen LogP contribution is -2.33. The molecule has 1 aromatic rings. The van der Waals surface area contributed by atoms with E-state index in [9.17, 15) is 0 Å². The van der Waals surface area contributed by atoms with Crippen molar-refractivity contribution in [2.24, 2.45) is 11.1 Å². The molecular formula is C15H19ClN2O2. The lowest BCUT2D eigenvalue weighted by Gasteiger charge is -2.27. The summed E-state index contributed by atoms with van der Waals surface area (Å²) in [7, 11) is 1.54. The van der Waals surface area contributed by atoms with E-state index >= 15 is 0 Å². The van der Waals surface area contributed by atoms with E-state index in [0.717, 1.165) is 12.8 Å². The van der Waals surface area contributed by atoms with Crippen LogP contribution < -0.4 is 15.2 Å². The first-order valence-electron chi connectivity index (χ1n) is 6.74. The summed E-state index contributed by atoms with van der Waals surface area (Å²) in [5.41, 5.74) is 6.40. The summed E-state index contributed by atoms with van der Waals surface area (Å²) in [4.78, 5) is 0. The molecule has 1 aliphatic rings. The number of hydrogen-bond donors (Lipinski definition) is 1. The summed E-state index contributed by atoms with van der Waals surface area (Å²) in [5.74, 6) is 0.979. The Morgan fingerprint density at radius 3 is 2.65 bits per heavy atom. The van der Waals surface area contributed by atoms with E-state index in [1.54, 1.807) is 12.1 Å². The monoisotopic (exact) mass is 294 g/mol. The molecule has 0 radical (unpaired) electrons. The van der Waals surface area contributed by atoms with Crippen molar-refractivity contribution in [3.63, 3.8) is 0 Å². The lowest BCUT2D eigenvalue weighted by atomic mass is 9.87. The molecule has 0 amide bonds. The maximum absolute atomic E-state index is 8.93. The van der Waals surface area contributed by atoms with E-state index in [2.05, 4.69) is 0 Å². The van der Waals surface area contributed by atoms with Gasteiger partial charge < -0.3 is 15.2 Å². The highest BCUT2D eigenvalue weighted by Crippen LogP contribution is 2.41. The van der Waals surface area contributed by atoms with E-state index in [1.165, 1.54) is 20.0 Å². The molecule has 2 rings (SSSR count). The average molecular weight is 295 g/mol. The number of methoxy groups -OCH3 is 1. The SMILES string of the molecule is COc1cc(C#N)cc(Cl)c1OCC1(CN)CCCC1. The van der Waals surface area contributed by atoms with Gasteiger partial charge in [-0.15, -0.1) is 0 Å². The van der Waals surface area contributed by atoms with E-state index in [0.29, 0.717) is 35.2 Å². The molecule has 0 atom stereocenters. The second-order valence-electron chi connectivity index (χ2n) is 5.30. The Morgan fingerprint density at radius 1 is 1.40 bits per heavy atom. The first-order valence-corrected chi connectivity index (χ1v) is 7.12. The molecule has 4 nitrogen and oxygen atoms in total. The molecule has 1 aromatic carbocycles. The van der Waals surface area contributed by atoms with Crippen LogP contribution in [0.5, 0.6) is 11.5 Å². The summed E-state index contributed by atoms with van der Waals surface area (Å²) in [5, 5.41) is 9.33. The van der Waals surface area contributed by atoms with Crippen LogP contribution in [0.25, 0.3) is 0 Å². The van der Waals surface area contributed by atoms with Crippen LogP contribution in [0.3, 0.4) is 0 Å². The van der Waals surface area contributed by atoms with Gasteiger partial charge in [0.25, 0.3) is 0 Å². The molecule has 0 spiro atoms. The van der Waals surface area contributed by atoms with Crippen molar-refractivity contribution < 1.29 is 9.47 Å². The van der Waals surface area contributed by atoms with Crippen molar-refractivity contribution >= 4 is 11.6 Å². The first kappa shape index (κ1) is 15.0. The second kappa shape index (κ2) is 6.34. The minimum atomic E-state index is 0.0439. The number of nitrogens with zero attached hydrogens (tertiary/aromatic N) is 1. The van der Waals surface area contributed by atoms with Crippen molar-refractivity contribution in [2.75, 3.05) is 20.3 Å². The van der Waals surface area contributed by atoms with E-state index < -0.39 is 0 Å². The standard InChI is InChI=1S/C15H19ClN2O2/c1-19-13-7-11(8-17)6-12(16)14(13)20-10-15(9-18)4-2-3-5-15/h6-7H,2-5,9-10,18H2,1H3. The van der Waals surface area contributed by atoms with Gasteiger partial charge in [0.1, 0.15) is 0 Å². The fraction of sp³-hybridized carbons (Fsp3) is 0.533. The van der Waals surface area contributed by atoms with Gasteiger partial charge in [0.15, 0.2) is 11.5 Å². The van der Waals surface area contributed by atoms with Crippen LogP contribution in [0.4, 0.5) is 0 Å². The zero-order chi connectivity index (χ0) is 14.6. The highest BCUT2D eigenvalue weighted by atomic mass is 35.5. The average Bonchev–Trinajstić information content (AvgIpc) is 2.94. The summed E-state index contributed by atoms with van der Waals surface area (Å²) in [6, 6.07) is 5.26. The Bertz CT molecular complexity index is 519. The van der Waals surface area contributed by atoms with Gasteiger partial charge in [0.2, 0.25) is 0 Å². The molecule has 5 heteroatoms. The Balaban J connectivity index is 2.19. The molecule has 20 heavy (non-hydrogen) atoms. The highest BCUT2D eigenvalue weighted by molar-refractivity contribution is 6.32. The number of nitriles is 1. The normalized spacial score (nSPS) is 16.7. The maximum atomic E-state index is 8.93. The molecule has 0 saturated heterocycles. The summed E-state index contributed by atoms with van der Waals surface area (Å²) < 4.78 is 11.1. The van der Waals surface area contributed by atoms with Crippen LogP contribution in [0, 0.1) is 16.7 Å². The Hall–Kier alpha value is -1.44. The van der Waals surface area contributed by atoms with Gasteiger partial charge in [-0.1, -0.05) is 24.4 Å². The topological polar surface area (TPSA) is 68.3 Å². The van der Waals surface area contributed by atoms with E-state index in [-0.39, 0.29) is 5.41 Å². The molecule has 2 N–H and O–H groups in total. The number of rotatable bonds is 5. The van der Waals surface area contributed by atoms with Gasteiger partial charge in [-0.3, -0.25) is 0 Å². The third-order valence-corrected chi connectivity index (χ3v) is 4.26. The number of nitrogens with two attached hydrogens (primary N) is 1. The quantitative estimate of drug-likeness (QED) is 0.906. The van der Waals surface area contributed by atoms with Crippen molar-refractivity contribution in [3.05, 3.63) is 22.7 Å². The predicted octanol–water partition coefficient (Wildman–Crippen LogP) is 3.12.